The van der Waals surface area contributed by atoms with Crippen molar-refractivity contribution in [2.24, 2.45) is 11.3 Å². The number of aromatic nitrogens is 7. The Hall–Kier alpha value is -3.85. The maximum absolute atomic E-state index is 14.0. The summed E-state index contributed by atoms with van der Waals surface area (Å²) in [6, 6.07) is 10.5. The van der Waals surface area contributed by atoms with Gasteiger partial charge in [0, 0.05) is 59.5 Å². The van der Waals surface area contributed by atoms with Crippen molar-refractivity contribution in [1.29, 1.82) is 0 Å². The van der Waals surface area contributed by atoms with E-state index in [0.717, 1.165) is 52.9 Å². The number of fused-ring (bicyclic) bond motifs is 2. The largest absolute Gasteiger partial charge is 0.357 e. The standard InChI is InChI=1S/C28H29FN8/c1-18(28-9-21(10-28)25(29)11-28)31-14-22-6-19-13-32-23(8-26(19)34-22)16-37-17-33-27(35-37)20-7-24(15-30-12-20)36-4-2-3-5-36/h2-8,12-13,15,17-18,21,25,31,34H,9-11,14,16H2,1H3/t18?,21?,25-,28?/m0/s1. The van der Waals surface area contributed by atoms with Gasteiger partial charge in [0.2, 0.25) is 0 Å². The molecule has 0 aromatic carbocycles. The van der Waals surface area contributed by atoms with Crippen molar-refractivity contribution in [2.75, 3.05) is 0 Å². The van der Waals surface area contributed by atoms with Crippen molar-refractivity contribution in [3.8, 4) is 17.1 Å². The van der Waals surface area contributed by atoms with E-state index in [9.17, 15) is 4.39 Å². The van der Waals surface area contributed by atoms with Crippen LogP contribution in [0.15, 0.2) is 67.6 Å². The number of halogens is 1. The van der Waals surface area contributed by atoms with Gasteiger partial charge in [-0.05, 0) is 67.9 Å². The topological polar surface area (TPSA) is 89.2 Å². The third-order valence-electron chi connectivity index (χ3n) is 8.33. The third-order valence-corrected chi connectivity index (χ3v) is 8.33. The van der Waals surface area contributed by atoms with Crippen LogP contribution < -0.4 is 5.32 Å². The van der Waals surface area contributed by atoms with Gasteiger partial charge in [-0.3, -0.25) is 9.97 Å². The van der Waals surface area contributed by atoms with Gasteiger partial charge in [-0.15, -0.1) is 0 Å². The molecule has 3 fully saturated rings. The van der Waals surface area contributed by atoms with E-state index in [1.54, 1.807) is 17.2 Å². The number of nitrogens with one attached hydrogen (secondary N) is 2. The van der Waals surface area contributed by atoms with Crippen LogP contribution >= 0.6 is 0 Å². The third kappa shape index (κ3) is 4.03. The Morgan fingerprint density at radius 3 is 2.78 bits per heavy atom. The highest BCUT2D eigenvalue weighted by Crippen LogP contribution is 2.61. The predicted octanol–water partition coefficient (Wildman–Crippen LogP) is 4.67. The van der Waals surface area contributed by atoms with E-state index in [4.69, 9.17) is 0 Å². The lowest BCUT2D eigenvalue weighted by atomic mass is 9.65. The highest BCUT2D eigenvalue weighted by molar-refractivity contribution is 5.79. The minimum atomic E-state index is -0.602. The Labute approximate surface area is 214 Å². The fourth-order valence-corrected chi connectivity index (χ4v) is 6.15. The molecule has 0 spiro atoms. The normalized spacial score (nSPS) is 23.4. The number of alkyl halides is 1. The zero-order valence-corrected chi connectivity index (χ0v) is 20.7. The molecule has 0 amide bonds. The molecule has 3 aliphatic rings. The zero-order chi connectivity index (χ0) is 25.0. The van der Waals surface area contributed by atoms with Crippen LogP contribution in [-0.2, 0) is 13.1 Å². The Morgan fingerprint density at radius 2 is 1.97 bits per heavy atom. The van der Waals surface area contributed by atoms with Crippen molar-refractivity contribution in [1.82, 2.24) is 39.6 Å². The quantitative estimate of drug-likeness (QED) is 0.326. The number of H-pyrrole nitrogens is 1. The van der Waals surface area contributed by atoms with E-state index in [2.05, 4.69) is 49.4 Å². The van der Waals surface area contributed by atoms with Crippen LogP contribution in [0.1, 0.15) is 37.6 Å². The summed E-state index contributed by atoms with van der Waals surface area (Å²) in [5.74, 6) is 0.929. The van der Waals surface area contributed by atoms with Gasteiger partial charge in [-0.2, -0.15) is 5.10 Å². The molecule has 2 N–H and O–H groups in total. The average molecular weight is 497 g/mol. The highest BCUT2D eigenvalue weighted by Gasteiger charge is 2.58. The Bertz CT molecular complexity index is 1550. The molecule has 5 aromatic heterocycles. The summed E-state index contributed by atoms with van der Waals surface area (Å²) < 4.78 is 17.8. The number of nitrogens with zero attached hydrogens (tertiary/aromatic N) is 6. The lowest BCUT2D eigenvalue weighted by Crippen LogP contribution is -2.46. The second-order valence-corrected chi connectivity index (χ2v) is 10.7. The van der Waals surface area contributed by atoms with Crippen molar-refractivity contribution < 1.29 is 4.39 Å². The molecular weight excluding hydrogens is 467 g/mol. The summed E-state index contributed by atoms with van der Waals surface area (Å²) in [7, 11) is 0. The van der Waals surface area contributed by atoms with Gasteiger partial charge < -0.3 is 14.9 Å². The smallest absolute Gasteiger partial charge is 0.182 e. The molecule has 2 bridgehead atoms. The summed E-state index contributed by atoms with van der Waals surface area (Å²) >= 11 is 0. The highest BCUT2D eigenvalue weighted by atomic mass is 19.1. The van der Waals surface area contributed by atoms with E-state index in [1.807, 2.05) is 47.6 Å². The summed E-state index contributed by atoms with van der Waals surface area (Å²) in [5, 5.41) is 9.37. The van der Waals surface area contributed by atoms with Gasteiger partial charge in [-0.25, -0.2) is 14.1 Å². The van der Waals surface area contributed by atoms with Gasteiger partial charge in [0.05, 0.1) is 24.1 Å². The summed E-state index contributed by atoms with van der Waals surface area (Å²) in [4.78, 5) is 17.0. The molecule has 1 unspecified atom stereocenters. The molecule has 0 saturated heterocycles. The molecule has 188 valence electrons. The Kier molecular flexibility index (Phi) is 5.21. The first-order chi connectivity index (χ1) is 18.0. The molecule has 8 nitrogen and oxygen atoms in total. The summed E-state index contributed by atoms with van der Waals surface area (Å²) in [5.41, 5.74) is 5.04. The van der Waals surface area contributed by atoms with E-state index < -0.39 is 6.17 Å². The molecule has 0 aliphatic heterocycles. The van der Waals surface area contributed by atoms with Gasteiger partial charge in [0.1, 0.15) is 12.5 Å². The van der Waals surface area contributed by atoms with Crippen LogP contribution in [0.25, 0.3) is 28.0 Å². The first-order valence-corrected chi connectivity index (χ1v) is 12.9. The number of hydrogen-bond donors (Lipinski definition) is 2. The van der Waals surface area contributed by atoms with E-state index in [-0.39, 0.29) is 5.41 Å². The average Bonchev–Trinajstić information content (AvgIpc) is 3.70. The van der Waals surface area contributed by atoms with Crippen LogP contribution in [0.4, 0.5) is 4.39 Å². The van der Waals surface area contributed by atoms with Crippen LogP contribution in [-0.4, -0.2) is 46.5 Å². The number of pyridine rings is 2. The van der Waals surface area contributed by atoms with Crippen LogP contribution in [0.5, 0.6) is 0 Å². The van der Waals surface area contributed by atoms with E-state index >= 15 is 0 Å². The molecule has 37 heavy (non-hydrogen) atoms. The summed E-state index contributed by atoms with van der Waals surface area (Å²) in [6.45, 7) is 3.46. The van der Waals surface area contributed by atoms with Crippen molar-refractivity contribution >= 4 is 10.9 Å². The fraction of sp³-hybridized carbons (Fsp3) is 0.357. The number of rotatable bonds is 8. The maximum atomic E-state index is 14.0. The SMILES string of the molecule is CC(NCc1cc2cnc(Cn3cnc(-c4cncc(-n5cccc5)c4)n3)cc2[nH]1)C12CC(C1)[C@@H](F)C2. The molecule has 0 radical (unpaired) electrons. The van der Waals surface area contributed by atoms with Crippen LogP contribution in [0.2, 0.25) is 0 Å². The Morgan fingerprint density at radius 1 is 1.11 bits per heavy atom. The van der Waals surface area contributed by atoms with Gasteiger partial charge in [-0.1, -0.05) is 0 Å². The van der Waals surface area contributed by atoms with E-state index in [1.165, 1.54) is 0 Å². The molecule has 5 heterocycles. The van der Waals surface area contributed by atoms with Crippen LogP contribution in [0.3, 0.4) is 0 Å². The predicted molar refractivity (Wildman–Crippen MR) is 139 cm³/mol. The van der Waals surface area contributed by atoms with E-state index in [0.29, 0.717) is 30.7 Å². The van der Waals surface area contributed by atoms with Crippen molar-refractivity contribution in [3.63, 3.8) is 0 Å². The lowest BCUT2D eigenvalue weighted by Gasteiger charge is -2.43. The first-order valence-electron chi connectivity index (χ1n) is 12.9. The first kappa shape index (κ1) is 22.4. The second kappa shape index (κ2) is 8.62. The minimum absolute atomic E-state index is 0.154. The maximum Gasteiger partial charge on any atom is 0.182 e. The van der Waals surface area contributed by atoms with Gasteiger partial charge in [0.15, 0.2) is 5.82 Å². The van der Waals surface area contributed by atoms with Crippen LogP contribution in [0, 0.1) is 11.3 Å². The number of aromatic amines is 1. The molecule has 2 atom stereocenters. The van der Waals surface area contributed by atoms with Crippen molar-refractivity contribution in [2.45, 2.75) is 51.5 Å². The zero-order valence-electron chi connectivity index (χ0n) is 20.7. The monoisotopic (exact) mass is 496 g/mol. The fourth-order valence-electron chi connectivity index (χ4n) is 6.15. The molecule has 3 aliphatic carbocycles. The molecule has 3 saturated carbocycles. The summed E-state index contributed by atoms with van der Waals surface area (Å²) in [6.07, 6.45) is 13.4. The molecule has 5 aromatic rings. The van der Waals surface area contributed by atoms with Gasteiger partial charge in [0.25, 0.3) is 0 Å². The molecule has 9 heteroatoms. The molecule has 8 rings (SSSR count). The van der Waals surface area contributed by atoms with Crippen molar-refractivity contribution in [3.05, 3.63) is 79.0 Å². The Balaban J connectivity index is 1.03. The second-order valence-electron chi connectivity index (χ2n) is 10.7. The minimum Gasteiger partial charge on any atom is -0.357 e. The number of hydrogen-bond acceptors (Lipinski definition) is 5. The lowest BCUT2D eigenvalue weighted by molar-refractivity contribution is 0.0886. The van der Waals surface area contributed by atoms with Gasteiger partial charge >= 0.3 is 0 Å². The molecular formula is C28H29FN8.